The van der Waals surface area contributed by atoms with Crippen LogP contribution in [0, 0.1) is 5.92 Å². The van der Waals surface area contributed by atoms with Crippen LogP contribution in [-0.2, 0) is 17.7 Å². The standard InChI is InChI=1S/C15H26N4O2/c1-3-13-16-14(18-17-13)9-19-7-4-5-12(19)11-10-21-8-6-15(11,2)20/h11-12,20H,3-10H2,1-2H3,(H,16,17,18). The van der Waals surface area contributed by atoms with Gasteiger partial charge in [0.25, 0.3) is 0 Å². The van der Waals surface area contributed by atoms with Gasteiger partial charge in [0.1, 0.15) is 11.6 Å². The second-order valence-corrected chi connectivity index (χ2v) is 6.52. The average molecular weight is 294 g/mol. The van der Waals surface area contributed by atoms with E-state index < -0.39 is 5.60 Å². The van der Waals surface area contributed by atoms with Gasteiger partial charge in [0, 0.05) is 25.0 Å². The molecule has 6 heteroatoms. The number of likely N-dealkylation sites (tertiary alicyclic amines) is 1. The zero-order chi connectivity index (χ0) is 14.9. The molecule has 0 radical (unpaired) electrons. The molecule has 1 aromatic heterocycles. The second kappa shape index (κ2) is 6.02. The number of hydrogen-bond donors (Lipinski definition) is 2. The molecule has 2 aliphatic rings. The number of nitrogens with one attached hydrogen (secondary N) is 1. The first-order valence-corrected chi connectivity index (χ1v) is 8.04. The molecule has 2 aliphatic heterocycles. The molecule has 0 aliphatic carbocycles. The van der Waals surface area contributed by atoms with Gasteiger partial charge in [0.15, 0.2) is 0 Å². The SMILES string of the molecule is CCc1n[nH]c(CN2CCCC2C2COCCC2(C)O)n1. The van der Waals surface area contributed by atoms with Crippen LogP contribution in [0.25, 0.3) is 0 Å². The molecule has 3 atom stereocenters. The maximum atomic E-state index is 10.7. The minimum absolute atomic E-state index is 0.183. The third-order valence-electron chi connectivity index (χ3n) is 4.97. The summed E-state index contributed by atoms with van der Waals surface area (Å²) in [4.78, 5) is 6.93. The van der Waals surface area contributed by atoms with E-state index in [1.54, 1.807) is 0 Å². The molecule has 0 bridgehead atoms. The summed E-state index contributed by atoms with van der Waals surface area (Å²) in [6.45, 7) is 7.18. The quantitative estimate of drug-likeness (QED) is 0.870. The number of aromatic nitrogens is 3. The van der Waals surface area contributed by atoms with Gasteiger partial charge in [0.05, 0.1) is 18.8 Å². The lowest BCUT2D eigenvalue weighted by atomic mass is 9.79. The van der Waals surface area contributed by atoms with Crippen molar-refractivity contribution < 1.29 is 9.84 Å². The molecule has 0 spiro atoms. The first-order valence-electron chi connectivity index (χ1n) is 8.04. The van der Waals surface area contributed by atoms with Gasteiger partial charge in [0.2, 0.25) is 0 Å². The van der Waals surface area contributed by atoms with Crippen molar-refractivity contribution in [3.63, 3.8) is 0 Å². The normalized spacial score (nSPS) is 34.4. The van der Waals surface area contributed by atoms with E-state index in [2.05, 4.69) is 27.0 Å². The van der Waals surface area contributed by atoms with E-state index in [1.165, 1.54) is 6.42 Å². The number of H-pyrrole nitrogens is 1. The fourth-order valence-electron chi connectivity index (χ4n) is 3.64. The molecule has 3 rings (SSSR count). The molecule has 2 N–H and O–H groups in total. The van der Waals surface area contributed by atoms with Crippen molar-refractivity contribution in [1.82, 2.24) is 20.1 Å². The van der Waals surface area contributed by atoms with Crippen LogP contribution in [0.15, 0.2) is 0 Å². The summed E-state index contributed by atoms with van der Waals surface area (Å²) in [7, 11) is 0. The first kappa shape index (κ1) is 14.9. The Morgan fingerprint density at radius 2 is 2.38 bits per heavy atom. The van der Waals surface area contributed by atoms with Crippen molar-refractivity contribution in [1.29, 1.82) is 0 Å². The lowest BCUT2D eigenvalue weighted by Gasteiger charge is -2.43. The zero-order valence-electron chi connectivity index (χ0n) is 13.0. The largest absolute Gasteiger partial charge is 0.390 e. The predicted molar refractivity (Wildman–Crippen MR) is 78.7 cm³/mol. The average Bonchev–Trinajstić information content (AvgIpc) is 3.08. The molecule has 6 nitrogen and oxygen atoms in total. The molecule has 1 aromatic rings. The highest BCUT2D eigenvalue weighted by Crippen LogP contribution is 2.36. The Kier molecular flexibility index (Phi) is 4.28. The first-order chi connectivity index (χ1) is 10.1. The van der Waals surface area contributed by atoms with Crippen molar-refractivity contribution in [2.45, 2.75) is 57.7 Å². The van der Waals surface area contributed by atoms with E-state index in [4.69, 9.17) is 4.74 Å². The number of hydrogen-bond acceptors (Lipinski definition) is 5. The fraction of sp³-hybridized carbons (Fsp3) is 0.867. The van der Waals surface area contributed by atoms with Gasteiger partial charge in [-0.1, -0.05) is 6.92 Å². The Hall–Kier alpha value is -0.980. The molecule has 3 unspecified atom stereocenters. The summed E-state index contributed by atoms with van der Waals surface area (Å²) < 4.78 is 5.63. The minimum Gasteiger partial charge on any atom is -0.390 e. The van der Waals surface area contributed by atoms with Gasteiger partial charge in [-0.15, -0.1) is 0 Å². The fourth-order valence-corrected chi connectivity index (χ4v) is 3.64. The molecular formula is C15H26N4O2. The van der Waals surface area contributed by atoms with Crippen LogP contribution in [0.4, 0.5) is 0 Å². The highest BCUT2D eigenvalue weighted by Gasteiger charge is 2.44. The molecule has 2 fully saturated rings. The molecule has 21 heavy (non-hydrogen) atoms. The number of ether oxygens (including phenoxy) is 1. The Labute approximate surface area is 125 Å². The van der Waals surface area contributed by atoms with Crippen LogP contribution in [0.1, 0.15) is 44.8 Å². The van der Waals surface area contributed by atoms with E-state index in [0.29, 0.717) is 19.3 Å². The van der Waals surface area contributed by atoms with Gasteiger partial charge >= 0.3 is 0 Å². The summed E-state index contributed by atoms with van der Waals surface area (Å²) in [5.74, 6) is 1.98. The summed E-state index contributed by atoms with van der Waals surface area (Å²) in [6, 6.07) is 0.371. The molecule has 0 aromatic carbocycles. The van der Waals surface area contributed by atoms with E-state index in [9.17, 15) is 5.11 Å². The number of nitrogens with zero attached hydrogens (tertiary/aromatic N) is 3. The minimum atomic E-state index is -0.624. The summed E-state index contributed by atoms with van der Waals surface area (Å²) in [5, 5.41) is 17.9. The van der Waals surface area contributed by atoms with Crippen molar-refractivity contribution in [2.75, 3.05) is 19.8 Å². The van der Waals surface area contributed by atoms with Gasteiger partial charge in [-0.05, 0) is 32.7 Å². The Morgan fingerprint density at radius 3 is 3.10 bits per heavy atom. The predicted octanol–water partition coefficient (Wildman–Crippen LogP) is 1.12. The molecule has 3 heterocycles. The Morgan fingerprint density at radius 1 is 1.52 bits per heavy atom. The lowest BCUT2D eigenvalue weighted by Crippen LogP contribution is -2.52. The van der Waals surface area contributed by atoms with E-state index in [0.717, 1.165) is 44.0 Å². The van der Waals surface area contributed by atoms with Crippen molar-refractivity contribution in [2.24, 2.45) is 5.92 Å². The van der Waals surface area contributed by atoms with E-state index in [-0.39, 0.29) is 5.92 Å². The smallest absolute Gasteiger partial charge is 0.150 e. The maximum absolute atomic E-state index is 10.7. The molecule has 0 amide bonds. The van der Waals surface area contributed by atoms with Crippen LogP contribution < -0.4 is 0 Å². The molecule has 0 saturated carbocycles. The maximum Gasteiger partial charge on any atom is 0.150 e. The number of aromatic amines is 1. The van der Waals surface area contributed by atoms with Crippen LogP contribution in [0.5, 0.6) is 0 Å². The van der Waals surface area contributed by atoms with Crippen molar-refractivity contribution in [3.8, 4) is 0 Å². The van der Waals surface area contributed by atoms with Gasteiger partial charge in [-0.3, -0.25) is 10.00 Å². The van der Waals surface area contributed by atoms with E-state index >= 15 is 0 Å². The second-order valence-electron chi connectivity index (χ2n) is 6.52. The van der Waals surface area contributed by atoms with Crippen LogP contribution in [-0.4, -0.2) is 56.6 Å². The van der Waals surface area contributed by atoms with Gasteiger partial charge in [-0.2, -0.15) is 5.10 Å². The Balaban J connectivity index is 1.70. The summed E-state index contributed by atoms with van der Waals surface area (Å²) in [6.07, 6.45) is 3.88. The zero-order valence-corrected chi connectivity index (χ0v) is 13.0. The van der Waals surface area contributed by atoms with Crippen molar-refractivity contribution >= 4 is 0 Å². The molecular weight excluding hydrogens is 268 g/mol. The van der Waals surface area contributed by atoms with Gasteiger partial charge in [-0.25, -0.2) is 4.98 Å². The summed E-state index contributed by atoms with van der Waals surface area (Å²) >= 11 is 0. The Bertz CT molecular complexity index is 474. The van der Waals surface area contributed by atoms with Crippen molar-refractivity contribution in [3.05, 3.63) is 11.6 Å². The third kappa shape index (κ3) is 3.12. The number of aliphatic hydroxyl groups is 1. The third-order valence-corrected chi connectivity index (χ3v) is 4.97. The molecule has 118 valence electrons. The van der Waals surface area contributed by atoms with Crippen LogP contribution in [0.2, 0.25) is 0 Å². The highest BCUT2D eigenvalue weighted by molar-refractivity contribution is 4.98. The number of aryl methyl sites for hydroxylation is 1. The van der Waals surface area contributed by atoms with E-state index in [1.807, 2.05) is 6.92 Å². The number of rotatable bonds is 4. The topological polar surface area (TPSA) is 74.3 Å². The highest BCUT2D eigenvalue weighted by atomic mass is 16.5. The van der Waals surface area contributed by atoms with Gasteiger partial charge < -0.3 is 9.84 Å². The lowest BCUT2D eigenvalue weighted by molar-refractivity contribution is -0.123. The molecule has 2 saturated heterocycles. The monoisotopic (exact) mass is 294 g/mol. The van der Waals surface area contributed by atoms with Crippen LogP contribution >= 0.6 is 0 Å². The summed E-state index contributed by atoms with van der Waals surface area (Å²) in [5.41, 5.74) is -0.624. The van der Waals surface area contributed by atoms with Crippen LogP contribution in [0.3, 0.4) is 0 Å².